The second kappa shape index (κ2) is 9.59. The molecule has 0 radical (unpaired) electrons. The largest absolute Gasteiger partial charge is 0.454 e. The van der Waals surface area contributed by atoms with Crippen molar-refractivity contribution in [3.63, 3.8) is 0 Å². The topological polar surface area (TPSA) is 140 Å². The number of amides is 5. The van der Waals surface area contributed by atoms with Gasteiger partial charge in [0.1, 0.15) is 6.04 Å². The van der Waals surface area contributed by atoms with Crippen molar-refractivity contribution in [3.05, 3.63) is 0 Å². The fourth-order valence-corrected chi connectivity index (χ4v) is 1.56. The molecule has 0 heterocycles. The molecule has 5 amide bonds. The van der Waals surface area contributed by atoms with Gasteiger partial charge in [0.15, 0.2) is 6.61 Å². The van der Waals surface area contributed by atoms with Crippen LogP contribution in [0.5, 0.6) is 0 Å². The van der Waals surface area contributed by atoms with Gasteiger partial charge in [0.25, 0.3) is 5.91 Å². The maximum absolute atomic E-state index is 11.8. The first-order chi connectivity index (χ1) is 10.1. The molecule has 0 aliphatic rings. The van der Waals surface area contributed by atoms with Crippen LogP contribution in [0.15, 0.2) is 0 Å². The molecule has 0 rings (SSSR count). The monoisotopic (exact) mass is 316 g/mol. The number of imide groups is 1. The zero-order valence-corrected chi connectivity index (χ0v) is 13.3. The molecule has 0 aromatic heterocycles. The Morgan fingerprint density at radius 1 is 1.05 bits per heavy atom. The number of nitrogens with two attached hydrogens (primary N) is 1. The number of carbonyl (C=O) groups excluding carboxylic acids is 4. The van der Waals surface area contributed by atoms with Crippen molar-refractivity contribution in [2.75, 3.05) is 6.61 Å². The number of rotatable bonds is 7. The first-order valence-electron chi connectivity index (χ1n) is 6.94. The van der Waals surface area contributed by atoms with Gasteiger partial charge < -0.3 is 21.1 Å². The molecule has 22 heavy (non-hydrogen) atoms. The van der Waals surface area contributed by atoms with Crippen LogP contribution in [0, 0.1) is 5.92 Å². The summed E-state index contributed by atoms with van der Waals surface area (Å²) in [6, 6.07) is -2.60. The van der Waals surface area contributed by atoms with Crippen LogP contribution >= 0.6 is 0 Å². The minimum absolute atomic E-state index is 0.107. The zero-order chi connectivity index (χ0) is 17.3. The predicted octanol–water partition coefficient (Wildman–Crippen LogP) is -0.153. The van der Waals surface area contributed by atoms with Gasteiger partial charge in [0.2, 0.25) is 0 Å². The summed E-state index contributed by atoms with van der Waals surface area (Å²) in [7, 11) is 0. The summed E-state index contributed by atoms with van der Waals surface area (Å²) in [5, 5.41) is 6.72. The first kappa shape index (κ1) is 19.7. The van der Waals surface area contributed by atoms with E-state index >= 15 is 0 Å². The van der Waals surface area contributed by atoms with Gasteiger partial charge in [0, 0.05) is 6.04 Å². The third-order valence-electron chi connectivity index (χ3n) is 2.33. The molecule has 0 aliphatic carbocycles. The highest BCUT2D eigenvalue weighted by Gasteiger charge is 2.23. The quantitative estimate of drug-likeness (QED) is 0.483. The normalized spacial score (nSPS) is 11.7. The highest BCUT2D eigenvalue weighted by Crippen LogP contribution is 2.06. The van der Waals surface area contributed by atoms with Gasteiger partial charge >= 0.3 is 18.0 Å². The maximum Gasteiger partial charge on any atom is 0.329 e. The van der Waals surface area contributed by atoms with Gasteiger partial charge in [-0.25, -0.2) is 14.4 Å². The fourth-order valence-electron chi connectivity index (χ4n) is 1.56. The van der Waals surface area contributed by atoms with E-state index < -0.39 is 36.6 Å². The van der Waals surface area contributed by atoms with E-state index in [9.17, 15) is 19.2 Å². The second-order valence-electron chi connectivity index (χ2n) is 5.47. The number of hydrogen-bond acceptors (Lipinski definition) is 5. The van der Waals surface area contributed by atoms with Crippen molar-refractivity contribution in [1.29, 1.82) is 0 Å². The Hall–Kier alpha value is -2.32. The van der Waals surface area contributed by atoms with Gasteiger partial charge in [-0.15, -0.1) is 0 Å². The lowest BCUT2D eigenvalue weighted by Crippen LogP contribution is -2.47. The number of esters is 1. The van der Waals surface area contributed by atoms with Crippen molar-refractivity contribution in [2.45, 2.75) is 46.2 Å². The van der Waals surface area contributed by atoms with E-state index in [4.69, 9.17) is 10.5 Å². The summed E-state index contributed by atoms with van der Waals surface area (Å²) < 4.78 is 4.77. The highest BCUT2D eigenvalue weighted by molar-refractivity contribution is 5.95. The molecule has 9 nitrogen and oxygen atoms in total. The summed E-state index contributed by atoms with van der Waals surface area (Å²) in [6.07, 6.45) is 0.317. The lowest BCUT2D eigenvalue weighted by Gasteiger charge is -2.18. The maximum atomic E-state index is 11.8. The van der Waals surface area contributed by atoms with Crippen LogP contribution in [0.4, 0.5) is 9.59 Å². The van der Waals surface area contributed by atoms with Crippen molar-refractivity contribution in [1.82, 2.24) is 16.0 Å². The lowest BCUT2D eigenvalue weighted by molar-refractivity contribution is -0.150. The van der Waals surface area contributed by atoms with Gasteiger partial charge in [-0.1, -0.05) is 13.8 Å². The molecule has 0 saturated heterocycles. The van der Waals surface area contributed by atoms with Gasteiger partial charge in [-0.2, -0.15) is 0 Å². The molecule has 0 bridgehead atoms. The van der Waals surface area contributed by atoms with E-state index in [1.807, 2.05) is 19.2 Å². The third kappa shape index (κ3) is 9.56. The van der Waals surface area contributed by atoms with Crippen molar-refractivity contribution in [2.24, 2.45) is 11.7 Å². The summed E-state index contributed by atoms with van der Waals surface area (Å²) in [5.74, 6) is -1.45. The van der Waals surface area contributed by atoms with E-state index in [1.54, 1.807) is 13.8 Å². The van der Waals surface area contributed by atoms with Crippen LogP contribution in [0.1, 0.15) is 34.1 Å². The Labute approximate surface area is 129 Å². The molecule has 0 unspecified atom stereocenters. The molecule has 126 valence electrons. The number of nitrogens with one attached hydrogen (secondary N) is 3. The minimum atomic E-state index is -0.935. The molecular weight excluding hydrogens is 292 g/mol. The molecule has 0 aromatic carbocycles. The third-order valence-corrected chi connectivity index (χ3v) is 2.33. The number of hydrogen-bond donors (Lipinski definition) is 4. The minimum Gasteiger partial charge on any atom is -0.454 e. The Balaban J connectivity index is 4.34. The average molecular weight is 316 g/mol. The molecule has 0 spiro atoms. The zero-order valence-electron chi connectivity index (χ0n) is 13.3. The van der Waals surface area contributed by atoms with E-state index in [-0.39, 0.29) is 12.0 Å². The van der Waals surface area contributed by atoms with Crippen LogP contribution < -0.4 is 21.7 Å². The smallest absolute Gasteiger partial charge is 0.329 e. The molecule has 9 heteroatoms. The number of carbonyl (C=O) groups is 4. The first-order valence-corrected chi connectivity index (χ1v) is 6.94. The van der Waals surface area contributed by atoms with Gasteiger partial charge in [-0.3, -0.25) is 10.1 Å². The summed E-state index contributed by atoms with van der Waals surface area (Å²) in [5.41, 5.74) is 4.99. The van der Waals surface area contributed by atoms with Crippen molar-refractivity contribution >= 4 is 23.9 Å². The van der Waals surface area contributed by atoms with E-state index in [2.05, 4.69) is 10.6 Å². The molecule has 0 aliphatic heterocycles. The van der Waals surface area contributed by atoms with Crippen LogP contribution in [0.25, 0.3) is 0 Å². The Morgan fingerprint density at radius 2 is 1.64 bits per heavy atom. The van der Waals surface area contributed by atoms with Crippen LogP contribution in [0.3, 0.4) is 0 Å². The van der Waals surface area contributed by atoms with Gasteiger partial charge in [0.05, 0.1) is 0 Å². The second-order valence-corrected chi connectivity index (χ2v) is 5.47. The van der Waals surface area contributed by atoms with Crippen LogP contribution in [-0.2, 0) is 14.3 Å². The predicted molar refractivity (Wildman–Crippen MR) is 78.7 cm³/mol. The molecule has 0 fully saturated rings. The lowest BCUT2D eigenvalue weighted by atomic mass is 10.0. The summed E-state index contributed by atoms with van der Waals surface area (Å²) in [4.78, 5) is 45.4. The van der Waals surface area contributed by atoms with E-state index in [0.29, 0.717) is 6.42 Å². The SMILES string of the molecule is CC(C)C[C@@H](NC(N)=O)C(=O)OCC(=O)NC(=O)NC(C)C. The Kier molecular flexibility index (Phi) is 8.58. The highest BCUT2D eigenvalue weighted by atomic mass is 16.5. The molecule has 0 aromatic rings. The number of urea groups is 2. The fraction of sp³-hybridized carbons (Fsp3) is 0.692. The molecular formula is C13H24N4O5. The van der Waals surface area contributed by atoms with Gasteiger partial charge in [-0.05, 0) is 26.2 Å². The number of primary amides is 1. The van der Waals surface area contributed by atoms with Crippen LogP contribution in [-0.4, -0.2) is 42.6 Å². The summed E-state index contributed by atoms with van der Waals surface area (Å²) >= 11 is 0. The number of ether oxygens (including phenoxy) is 1. The Morgan fingerprint density at radius 3 is 2.09 bits per heavy atom. The average Bonchev–Trinajstić information content (AvgIpc) is 2.32. The van der Waals surface area contributed by atoms with Crippen LogP contribution in [0.2, 0.25) is 0 Å². The summed E-state index contributed by atoms with van der Waals surface area (Å²) in [6.45, 7) is 6.55. The molecule has 0 saturated carbocycles. The molecule has 5 N–H and O–H groups in total. The standard InChI is InChI=1S/C13H24N4O5/c1-7(2)5-9(16-12(14)20)11(19)22-6-10(18)17-13(21)15-8(3)4/h7-9H,5-6H2,1-4H3,(H3,14,16,20)(H2,15,17,18,21)/t9-/m1/s1. The van der Waals surface area contributed by atoms with E-state index in [1.165, 1.54) is 0 Å². The van der Waals surface area contributed by atoms with Crippen molar-refractivity contribution < 1.29 is 23.9 Å². The van der Waals surface area contributed by atoms with E-state index in [0.717, 1.165) is 0 Å². The molecule has 1 atom stereocenters. The Bertz CT molecular complexity index is 423. The van der Waals surface area contributed by atoms with Crippen molar-refractivity contribution in [3.8, 4) is 0 Å².